The van der Waals surface area contributed by atoms with Gasteiger partial charge in [-0.1, -0.05) is 18.2 Å². The van der Waals surface area contributed by atoms with E-state index in [0.717, 1.165) is 10.9 Å². The number of fused-ring (bicyclic) bond motifs is 1. The average Bonchev–Trinajstić information content (AvgIpc) is 2.34. The van der Waals surface area contributed by atoms with E-state index in [0.29, 0.717) is 0 Å². The van der Waals surface area contributed by atoms with E-state index < -0.39 is 0 Å². The number of hydrogen-bond donors (Lipinski definition) is 0. The van der Waals surface area contributed by atoms with Crippen LogP contribution < -0.4 is 0 Å². The Morgan fingerprint density at radius 1 is 1.60 bits per heavy atom. The largest absolute Gasteiger partial charge is 0.267 e. The van der Waals surface area contributed by atoms with E-state index >= 15 is 0 Å². The predicted molar refractivity (Wildman–Crippen MR) is 39.6 cm³/mol. The van der Waals surface area contributed by atoms with Crippen molar-refractivity contribution in [1.29, 1.82) is 0 Å². The Hall–Kier alpha value is -1.31. The molecular formula is C8H7N2. The quantitative estimate of drug-likeness (QED) is 0.528. The van der Waals surface area contributed by atoms with Gasteiger partial charge in [-0.15, -0.1) is 0 Å². The van der Waals surface area contributed by atoms with Gasteiger partial charge in [0.2, 0.25) is 0 Å². The zero-order chi connectivity index (χ0) is 6.97. The number of para-hydroxylation sites is 1. The summed E-state index contributed by atoms with van der Waals surface area (Å²) in [6.45, 7) is 0. The molecule has 10 heavy (non-hydrogen) atoms. The monoisotopic (exact) mass is 131 g/mol. The van der Waals surface area contributed by atoms with Crippen molar-refractivity contribution in [3.05, 3.63) is 30.5 Å². The van der Waals surface area contributed by atoms with Crippen molar-refractivity contribution in [3.8, 4) is 0 Å². The summed E-state index contributed by atoms with van der Waals surface area (Å²) in [5.74, 6) is 0. The summed E-state index contributed by atoms with van der Waals surface area (Å²) in [5.41, 5.74) is 1.06. The van der Waals surface area contributed by atoms with E-state index in [1.54, 1.807) is 0 Å². The first kappa shape index (κ1) is 5.47. The van der Waals surface area contributed by atoms with Gasteiger partial charge in [-0.3, -0.25) is 4.68 Å². The highest BCUT2D eigenvalue weighted by atomic mass is 15.2. The molecule has 49 valence electrons. The molecule has 2 aromatic rings. The molecule has 0 fully saturated rings. The predicted octanol–water partition coefficient (Wildman–Crippen LogP) is 1.37. The molecule has 2 rings (SSSR count). The van der Waals surface area contributed by atoms with E-state index in [4.69, 9.17) is 0 Å². The van der Waals surface area contributed by atoms with Gasteiger partial charge in [0, 0.05) is 18.5 Å². The van der Waals surface area contributed by atoms with Crippen LogP contribution in [-0.4, -0.2) is 9.78 Å². The number of benzene rings is 1. The van der Waals surface area contributed by atoms with Crippen LogP contribution in [-0.2, 0) is 7.05 Å². The van der Waals surface area contributed by atoms with Gasteiger partial charge in [0.25, 0.3) is 0 Å². The number of nitrogens with zero attached hydrogens (tertiary/aromatic N) is 2. The van der Waals surface area contributed by atoms with Crippen molar-refractivity contribution in [2.75, 3.05) is 0 Å². The zero-order valence-electron chi connectivity index (χ0n) is 5.70. The summed E-state index contributed by atoms with van der Waals surface area (Å²) >= 11 is 0. The molecule has 0 unspecified atom stereocenters. The Balaban J connectivity index is 2.93. The van der Waals surface area contributed by atoms with Crippen LogP contribution in [0.5, 0.6) is 0 Å². The summed E-state index contributed by atoms with van der Waals surface area (Å²) < 4.78 is 1.81. The van der Waals surface area contributed by atoms with Crippen molar-refractivity contribution in [2.24, 2.45) is 7.05 Å². The lowest BCUT2D eigenvalue weighted by molar-refractivity contribution is 0.796. The zero-order valence-corrected chi connectivity index (χ0v) is 5.70. The Bertz CT molecular complexity index is 349. The molecule has 0 aliphatic carbocycles. The highest BCUT2D eigenvalue weighted by molar-refractivity contribution is 5.77. The van der Waals surface area contributed by atoms with Gasteiger partial charge in [-0.2, -0.15) is 5.10 Å². The van der Waals surface area contributed by atoms with E-state index in [1.165, 1.54) is 0 Å². The van der Waals surface area contributed by atoms with Gasteiger partial charge < -0.3 is 0 Å². The van der Waals surface area contributed by atoms with Gasteiger partial charge in [0.1, 0.15) is 0 Å². The second-order valence-corrected chi connectivity index (χ2v) is 2.24. The third kappa shape index (κ3) is 0.620. The summed E-state index contributed by atoms with van der Waals surface area (Å²) in [5, 5.41) is 5.22. The molecule has 0 saturated carbocycles. The lowest BCUT2D eigenvalue weighted by atomic mass is 10.3. The molecule has 1 heterocycles. The fraction of sp³-hybridized carbons (Fsp3) is 0.125. The molecule has 0 spiro atoms. The van der Waals surface area contributed by atoms with Crippen LogP contribution in [0.4, 0.5) is 0 Å². The maximum Gasteiger partial charge on any atom is 0.0758 e. The van der Waals surface area contributed by atoms with E-state index in [1.807, 2.05) is 36.1 Å². The fourth-order valence-electron chi connectivity index (χ4n) is 1.03. The van der Waals surface area contributed by atoms with E-state index in [9.17, 15) is 0 Å². The van der Waals surface area contributed by atoms with Crippen molar-refractivity contribution in [3.63, 3.8) is 0 Å². The SMILES string of the molecule is Cn1ncc2ccc[c]c21. The molecule has 0 atom stereocenters. The summed E-state index contributed by atoms with van der Waals surface area (Å²) in [4.78, 5) is 0. The lowest BCUT2D eigenvalue weighted by Crippen LogP contribution is -1.87. The van der Waals surface area contributed by atoms with Gasteiger partial charge in [0.05, 0.1) is 11.7 Å². The second-order valence-electron chi connectivity index (χ2n) is 2.24. The molecular weight excluding hydrogens is 124 g/mol. The summed E-state index contributed by atoms with van der Waals surface area (Å²) in [6, 6.07) is 8.98. The van der Waals surface area contributed by atoms with E-state index in [2.05, 4.69) is 11.2 Å². The molecule has 0 aliphatic rings. The third-order valence-electron chi connectivity index (χ3n) is 1.56. The normalized spacial score (nSPS) is 10.5. The smallest absolute Gasteiger partial charge is 0.0758 e. The minimum atomic E-state index is 1.06. The molecule has 1 aromatic carbocycles. The maximum absolute atomic E-state index is 4.08. The molecule has 0 aliphatic heterocycles. The minimum absolute atomic E-state index is 1.06. The highest BCUT2D eigenvalue weighted by Crippen LogP contribution is 2.09. The molecule has 0 bridgehead atoms. The summed E-state index contributed by atoms with van der Waals surface area (Å²) in [7, 11) is 1.92. The number of hydrogen-bond acceptors (Lipinski definition) is 1. The highest BCUT2D eigenvalue weighted by Gasteiger charge is 1.94. The van der Waals surface area contributed by atoms with Gasteiger partial charge in [-0.25, -0.2) is 0 Å². The van der Waals surface area contributed by atoms with Crippen LogP contribution in [0.25, 0.3) is 10.9 Å². The molecule has 0 amide bonds. The van der Waals surface area contributed by atoms with Crippen molar-refractivity contribution in [2.45, 2.75) is 0 Å². The van der Waals surface area contributed by atoms with Crippen LogP contribution in [0.3, 0.4) is 0 Å². The second kappa shape index (κ2) is 1.84. The van der Waals surface area contributed by atoms with Crippen molar-refractivity contribution in [1.82, 2.24) is 9.78 Å². The molecule has 0 saturated heterocycles. The van der Waals surface area contributed by atoms with Crippen LogP contribution in [0.15, 0.2) is 24.4 Å². The Kier molecular flexibility index (Phi) is 1.01. The number of aromatic nitrogens is 2. The summed E-state index contributed by atoms with van der Waals surface area (Å²) in [6.07, 6.45) is 1.84. The van der Waals surface area contributed by atoms with Crippen molar-refractivity contribution >= 4 is 10.9 Å². The molecule has 1 aromatic heterocycles. The first-order valence-corrected chi connectivity index (χ1v) is 3.16. The Morgan fingerprint density at radius 2 is 2.50 bits per heavy atom. The molecule has 1 radical (unpaired) electrons. The average molecular weight is 131 g/mol. The molecule has 0 N–H and O–H groups in total. The number of aryl methyl sites for hydroxylation is 1. The molecule has 2 nitrogen and oxygen atoms in total. The minimum Gasteiger partial charge on any atom is -0.267 e. The Labute approximate surface area is 59.1 Å². The van der Waals surface area contributed by atoms with Crippen LogP contribution in [0.2, 0.25) is 0 Å². The topological polar surface area (TPSA) is 17.8 Å². The van der Waals surface area contributed by atoms with Crippen molar-refractivity contribution < 1.29 is 0 Å². The van der Waals surface area contributed by atoms with E-state index in [-0.39, 0.29) is 0 Å². The lowest BCUT2D eigenvalue weighted by Gasteiger charge is -1.89. The fourth-order valence-corrected chi connectivity index (χ4v) is 1.03. The first-order chi connectivity index (χ1) is 4.88. The van der Waals surface area contributed by atoms with Crippen LogP contribution >= 0.6 is 0 Å². The number of rotatable bonds is 0. The Morgan fingerprint density at radius 3 is 3.30 bits per heavy atom. The van der Waals surface area contributed by atoms with Gasteiger partial charge in [0.15, 0.2) is 0 Å². The standard InChI is InChI=1S/C8H7N2/c1-10-8-5-3-2-4-7(8)6-9-10/h2-4,6H,1H3. The van der Waals surface area contributed by atoms with Crippen LogP contribution in [0.1, 0.15) is 0 Å². The maximum atomic E-state index is 4.08. The molecule has 2 heteroatoms. The van der Waals surface area contributed by atoms with Gasteiger partial charge >= 0.3 is 0 Å². The van der Waals surface area contributed by atoms with Gasteiger partial charge in [-0.05, 0) is 0 Å². The van der Waals surface area contributed by atoms with Crippen LogP contribution in [0, 0.1) is 6.07 Å². The first-order valence-electron chi connectivity index (χ1n) is 3.16. The third-order valence-corrected chi connectivity index (χ3v) is 1.56.